The van der Waals surface area contributed by atoms with Crippen molar-refractivity contribution in [2.45, 2.75) is 6.92 Å². The lowest BCUT2D eigenvalue weighted by Gasteiger charge is -2.05. The van der Waals surface area contributed by atoms with Crippen LogP contribution < -0.4 is 10.6 Å². The highest BCUT2D eigenvalue weighted by Crippen LogP contribution is 2.25. The lowest BCUT2D eigenvalue weighted by molar-refractivity contribution is -0.384. The second-order valence-electron chi connectivity index (χ2n) is 5.05. The number of nitrogens with one attached hydrogen (secondary N) is 2. The van der Waals surface area contributed by atoms with Gasteiger partial charge in [-0.05, 0) is 42.0 Å². The molecular weight excluding hydrogens is 346 g/mol. The molecule has 2 rings (SSSR count). The third-order valence-electron chi connectivity index (χ3n) is 3.07. The molecule has 2 aromatic rings. The molecule has 0 bridgehead atoms. The highest BCUT2D eigenvalue weighted by Gasteiger charge is 2.11. The first-order chi connectivity index (χ1) is 11.8. The predicted molar refractivity (Wildman–Crippen MR) is 96.5 cm³/mol. The van der Waals surface area contributed by atoms with Crippen LogP contribution in [0.4, 0.5) is 17.1 Å². The summed E-state index contributed by atoms with van der Waals surface area (Å²) in [5.74, 6) is -0.582. The molecule has 7 nitrogen and oxygen atoms in total. The van der Waals surface area contributed by atoms with E-state index in [1.165, 1.54) is 31.2 Å². The molecule has 128 valence electrons. The van der Waals surface area contributed by atoms with Crippen molar-refractivity contribution in [3.05, 3.63) is 69.2 Å². The van der Waals surface area contributed by atoms with Crippen molar-refractivity contribution < 1.29 is 14.5 Å². The van der Waals surface area contributed by atoms with E-state index in [1.807, 2.05) is 0 Å². The third-order valence-corrected chi connectivity index (χ3v) is 3.39. The molecule has 2 aromatic carbocycles. The van der Waals surface area contributed by atoms with Gasteiger partial charge in [0.2, 0.25) is 11.8 Å². The molecule has 2 amide bonds. The molecular formula is C17H14ClN3O4. The lowest BCUT2D eigenvalue weighted by Crippen LogP contribution is -2.08. The van der Waals surface area contributed by atoms with Gasteiger partial charge in [0.25, 0.3) is 5.69 Å². The molecule has 0 atom stereocenters. The summed E-state index contributed by atoms with van der Waals surface area (Å²) in [5.41, 5.74) is 1.42. The van der Waals surface area contributed by atoms with Crippen LogP contribution in [0.3, 0.4) is 0 Å². The standard InChI is InChI=1S/C17H14ClN3O4/c1-11(22)19-13-4-6-14(7-5-13)20-17(23)9-3-12-2-8-15(18)16(10-12)21(24)25/h2-10H,1H3,(H,19,22)(H,20,23). The van der Waals surface area contributed by atoms with Gasteiger partial charge >= 0.3 is 0 Å². The number of hydrogen-bond donors (Lipinski definition) is 2. The highest BCUT2D eigenvalue weighted by molar-refractivity contribution is 6.32. The Hall–Kier alpha value is -3.19. The number of nitro groups is 1. The Labute approximate surface area is 148 Å². The van der Waals surface area contributed by atoms with Crippen LogP contribution in [0.5, 0.6) is 0 Å². The van der Waals surface area contributed by atoms with Crippen molar-refractivity contribution in [1.29, 1.82) is 0 Å². The first-order valence-corrected chi connectivity index (χ1v) is 7.53. The molecule has 8 heteroatoms. The van der Waals surface area contributed by atoms with Crippen LogP contribution in [0.15, 0.2) is 48.5 Å². The topological polar surface area (TPSA) is 101 Å². The van der Waals surface area contributed by atoms with Crippen molar-refractivity contribution in [3.8, 4) is 0 Å². The van der Waals surface area contributed by atoms with E-state index in [0.717, 1.165) is 0 Å². The Balaban J connectivity index is 2.02. The molecule has 0 unspecified atom stereocenters. The Morgan fingerprint density at radius 3 is 2.24 bits per heavy atom. The molecule has 0 heterocycles. The Kier molecular flexibility index (Phi) is 5.86. The molecule has 25 heavy (non-hydrogen) atoms. The molecule has 0 aromatic heterocycles. The van der Waals surface area contributed by atoms with Crippen LogP contribution in [0, 0.1) is 10.1 Å². The zero-order valence-electron chi connectivity index (χ0n) is 13.2. The first-order valence-electron chi connectivity index (χ1n) is 7.16. The SMILES string of the molecule is CC(=O)Nc1ccc(NC(=O)C=Cc2ccc(Cl)c([N+](=O)[O-])c2)cc1. The average Bonchev–Trinajstić information content (AvgIpc) is 2.55. The van der Waals surface area contributed by atoms with E-state index in [0.29, 0.717) is 16.9 Å². The molecule has 0 radical (unpaired) electrons. The van der Waals surface area contributed by atoms with Crippen LogP contribution in [0.1, 0.15) is 12.5 Å². The van der Waals surface area contributed by atoms with Gasteiger partial charge in [-0.3, -0.25) is 19.7 Å². The van der Waals surface area contributed by atoms with Crippen LogP contribution in [-0.2, 0) is 9.59 Å². The van der Waals surface area contributed by atoms with Gasteiger partial charge in [0, 0.05) is 30.4 Å². The number of rotatable bonds is 5. The van der Waals surface area contributed by atoms with Gasteiger partial charge in [0.05, 0.1) is 4.92 Å². The van der Waals surface area contributed by atoms with Crippen LogP contribution >= 0.6 is 11.6 Å². The maximum atomic E-state index is 11.9. The van der Waals surface area contributed by atoms with Crippen molar-refractivity contribution in [3.63, 3.8) is 0 Å². The number of anilines is 2. The van der Waals surface area contributed by atoms with Crippen LogP contribution in [0.2, 0.25) is 5.02 Å². The van der Waals surface area contributed by atoms with E-state index in [2.05, 4.69) is 10.6 Å². The lowest BCUT2D eigenvalue weighted by atomic mass is 10.2. The number of nitro benzene ring substituents is 1. The summed E-state index contributed by atoms with van der Waals surface area (Å²) >= 11 is 5.73. The summed E-state index contributed by atoms with van der Waals surface area (Å²) in [7, 11) is 0. The maximum absolute atomic E-state index is 11.9. The van der Waals surface area contributed by atoms with E-state index >= 15 is 0 Å². The van der Waals surface area contributed by atoms with Gasteiger partial charge in [-0.25, -0.2) is 0 Å². The summed E-state index contributed by atoms with van der Waals surface area (Å²) in [4.78, 5) is 33.1. The predicted octanol–water partition coefficient (Wildman–Crippen LogP) is 3.86. The summed E-state index contributed by atoms with van der Waals surface area (Å²) < 4.78 is 0. The molecule has 0 spiro atoms. The summed E-state index contributed by atoms with van der Waals surface area (Å²) in [6.45, 7) is 1.40. The quantitative estimate of drug-likeness (QED) is 0.480. The molecule has 0 aliphatic carbocycles. The van der Waals surface area contributed by atoms with E-state index in [-0.39, 0.29) is 16.6 Å². The molecule has 0 saturated carbocycles. The number of carbonyl (C=O) groups excluding carboxylic acids is 2. The number of carbonyl (C=O) groups is 2. The molecule has 0 aliphatic heterocycles. The first kappa shape index (κ1) is 18.2. The fourth-order valence-electron chi connectivity index (χ4n) is 1.97. The second-order valence-corrected chi connectivity index (χ2v) is 5.46. The normalized spacial score (nSPS) is 10.5. The smallest absolute Gasteiger partial charge is 0.288 e. The van der Waals surface area contributed by atoms with Crippen molar-refractivity contribution in [1.82, 2.24) is 0 Å². The van der Waals surface area contributed by atoms with E-state index < -0.39 is 10.8 Å². The van der Waals surface area contributed by atoms with Gasteiger partial charge < -0.3 is 10.6 Å². The van der Waals surface area contributed by atoms with Crippen molar-refractivity contribution in [2.24, 2.45) is 0 Å². The minimum absolute atomic E-state index is 0.0332. The van der Waals surface area contributed by atoms with Gasteiger partial charge in [0.15, 0.2) is 0 Å². The Morgan fingerprint density at radius 1 is 1.08 bits per heavy atom. The van der Waals surface area contributed by atoms with E-state index in [1.54, 1.807) is 30.3 Å². The monoisotopic (exact) mass is 359 g/mol. The van der Waals surface area contributed by atoms with E-state index in [9.17, 15) is 19.7 Å². The number of benzene rings is 2. The fourth-order valence-corrected chi connectivity index (χ4v) is 2.16. The molecule has 0 aliphatic rings. The zero-order chi connectivity index (χ0) is 18.4. The van der Waals surface area contributed by atoms with E-state index in [4.69, 9.17) is 11.6 Å². The number of hydrogen-bond acceptors (Lipinski definition) is 4. The van der Waals surface area contributed by atoms with Crippen molar-refractivity contribution >= 4 is 46.6 Å². The number of nitrogens with zero attached hydrogens (tertiary/aromatic N) is 1. The summed E-state index contributed by atoms with van der Waals surface area (Å²) in [5, 5.41) is 16.1. The Morgan fingerprint density at radius 2 is 1.68 bits per heavy atom. The maximum Gasteiger partial charge on any atom is 0.288 e. The largest absolute Gasteiger partial charge is 0.326 e. The fraction of sp³-hybridized carbons (Fsp3) is 0.0588. The highest BCUT2D eigenvalue weighted by atomic mass is 35.5. The third kappa shape index (κ3) is 5.43. The van der Waals surface area contributed by atoms with Crippen LogP contribution in [0.25, 0.3) is 6.08 Å². The number of halogens is 1. The zero-order valence-corrected chi connectivity index (χ0v) is 13.9. The summed E-state index contributed by atoms with van der Waals surface area (Å²) in [6.07, 6.45) is 2.71. The van der Waals surface area contributed by atoms with Crippen molar-refractivity contribution in [2.75, 3.05) is 10.6 Å². The molecule has 0 saturated heterocycles. The molecule has 0 fully saturated rings. The van der Waals surface area contributed by atoms with Gasteiger partial charge in [-0.15, -0.1) is 0 Å². The summed E-state index contributed by atoms with van der Waals surface area (Å²) in [6, 6.07) is 10.9. The second kappa shape index (κ2) is 8.07. The van der Waals surface area contributed by atoms with Gasteiger partial charge in [-0.1, -0.05) is 17.7 Å². The minimum atomic E-state index is -0.587. The van der Waals surface area contributed by atoms with Gasteiger partial charge in [0.1, 0.15) is 5.02 Å². The average molecular weight is 360 g/mol. The molecule has 2 N–H and O–H groups in total. The minimum Gasteiger partial charge on any atom is -0.326 e. The number of amides is 2. The van der Waals surface area contributed by atoms with Crippen LogP contribution in [-0.4, -0.2) is 16.7 Å². The Bertz CT molecular complexity index is 847. The van der Waals surface area contributed by atoms with Gasteiger partial charge in [-0.2, -0.15) is 0 Å².